The first-order valence-corrected chi connectivity index (χ1v) is 4.74. The van der Waals surface area contributed by atoms with Gasteiger partial charge in [0.15, 0.2) is 6.04 Å². The van der Waals surface area contributed by atoms with Crippen molar-refractivity contribution in [1.29, 1.82) is 0 Å². The number of anilines is 1. The second-order valence-corrected chi connectivity index (χ2v) is 3.50. The van der Waals surface area contributed by atoms with Crippen LogP contribution in [0.15, 0.2) is 18.2 Å². The zero-order valence-corrected chi connectivity index (χ0v) is 8.76. The Labute approximate surface area is 94.8 Å². The van der Waals surface area contributed by atoms with Crippen LogP contribution < -0.4 is 15.4 Å². The lowest BCUT2D eigenvalue weighted by atomic mass is 10.0. The Morgan fingerprint density at radius 2 is 2.06 bits per heavy atom. The van der Waals surface area contributed by atoms with Gasteiger partial charge in [-0.25, -0.2) is 4.79 Å². The van der Waals surface area contributed by atoms with Crippen molar-refractivity contribution in [2.75, 3.05) is 12.4 Å². The topological polar surface area (TPSA) is 50.4 Å². The fourth-order valence-corrected chi connectivity index (χ4v) is 1.71. The summed E-state index contributed by atoms with van der Waals surface area (Å²) in [5.41, 5.74) is -0.00229. The molecule has 0 radical (unpaired) electrons. The minimum atomic E-state index is -4.54. The molecule has 0 aliphatic carbocycles. The van der Waals surface area contributed by atoms with Crippen molar-refractivity contribution in [2.45, 2.75) is 12.2 Å². The van der Waals surface area contributed by atoms with Crippen LogP contribution in [-0.2, 0) is 0 Å². The highest BCUT2D eigenvalue weighted by Gasteiger charge is 2.45. The van der Waals surface area contributed by atoms with Crippen molar-refractivity contribution < 1.29 is 22.7 Å². The first-order valence-electron chi connectivity index (χ1n) is 4.74. The molecule has 1 aromatic rings. The number of para-hydroxylation sites is 1. The molecule has 0 spiro atoms. The van der Waals surface area contributed by atoms with Crippen LogP contribution in [0, 0.1) is 0 Å². The average molecular weight is 246 g/mol. The highest BCUT2D eigenvalue weighted by molar-refractivity contribution is 5.95. The van der Waals surface area contributed by atoms with E-state index in [4.69, 9.17) is 4.74 Å². The molecule has 0 fully saturated rings. The molecule has 1 aliphatic rings. The molecule has 2 rings (SSSR count). The molecule has 2 N–H and O–H groups in total. The van der Waals surface area contributed by atoms with Crippen LogP contribution in [-0.4, -0.2) is 19.3 Å². The maximum Gasteiger partial charge on any atom is 0.413 e. The minimum Gasteiger partial charge on any atom is -0.495 e. The maximum absolute atomic E-state index is 12.7. The second-order valence-electron chi connectivity index (χ2n) is 3.50. The van der Waals surface area contributed by atoms with E-state index in [0.717, 1.165) is 0 Å². The van der Waals surface area contributed by atoms with Crippen molar-refractivity contribution in [1.82, 2.24) is 5.32 Å². The SMILES string of the molecule is COc1cccc2c1NC(=O)NC2C(F)(F)F. The molecule has 92 valence electrons. The van der Waals surface area contributed by atoms with Gasteiger partial charge in [-0.1, -0.05) is 12.1 Å². The van der Waals surface area contributed by atoms with Gasteiger partial charge in [-0.05, 0) is 6.07 Å². The van der Waals surface area contributed by atoms with E-state index in [-0.39, 0.29) is 17.0 Å². The van der Waals surface area contributed by atoms with Gasteiger partial charge in [-0.3, -0.25) is 0 Å². The second kappa shape index (κ2) is 3.83. The number of rotatable bonds is 1. The summed E-state index contributed by atoms with van der Waals surface area (Å²) in [7, 11) is 1.33. The monoisotopic (exact) mass is 246 g/mol. The number of methoxy groups -OCH3 is 1. The number of benzene rings is 1. The van der Waals surface area contributed by atoms with Gasteiger partial charge in [0.2, 0.25) is 0 Å². The quantitative estimate of drug-likeness (QED) is 0.799. The van der Waals surface area contributed by atoms with Crippen molar-refractivity contribution >= 4 is 11.7 Å². The summed E-state index contributed by atoms with van der Waals surface area (Å²) in [6, 6.07) is 1.31. The van der Waals surface area contributed by atoms with E-state index in [1.54, 1.807) is 0 Å². The molecule has 0 bridgehead atoms. The average Bonchev–Trinajstić information content (AvgIpc) is 2.26. The van der Waals surface area contributed by atoms with Crippen LogP contribution in [0.4, 0.5) is 23.7 Å². The van der Waals surface area contributed by atoms with Gasteiger partial charge in [0, 0.05) is 5.56 Å². The van der Waals surface area contributed by atoms with Gasteiger partial charge in [-0.15, -0.1) is 0 Å². The van der Waals surface area contributed by atoms with Crippen LogP contribution in [0.2, 0.25) is 0 Å². The zero-order chi connectivity index (χ0) is 12.6. The molecule has 7 heteroatoms. The van der Waals surface area contributed by atoms with Crippen LogP contribution in [0.1, 0.15) is 11.6 Å². The van der Waals surface area contributed by atoms with Gasteiger partial charge in [0.25, 0.3) is 0 Å². The molecule has 0 saturated carbocycles. The number of ether oxygens (including phenoxy) is 1. The van der Waals surface area contributed by atoms with E-state index in [1.807, 2.05) is 5.32 Å². The van der Waals surface area contributed by atoms with Crippen LogP contribution in [0.5, 0.6) is 5.75 Å². The van der Waals surface area contributed by atoms with E-state index < -0.39 is 18.2 Å². The molecule has 0 saturated heterocycles. The Balaban J connectivity index is 2.55. The van der Waals surface area contributed by atoms with Gasteiger partial charge < -0.3 is 15.4 Å². The molecule has 1 atom stereocenters. The first kappa shape index (κ1) is 11.6. The third kappa shape index (κ3) is 2.00. The number of hydrogen-bond acceptors (Lipinski definition) is 2. The predicted molar refractivity (Wildman–Crippen MR) is 53.9 cm³/mol. The first-order chi connectivity index (χ1) is 7.93. The Bertz CT molecular complexity index is 459. The van der Waals surface area contributed by atoms with Gasteiger partial charge in [0.05, 0.1) is 12.8 Å². The van der Waals surface area contributed by atoms with Crippen LogP contribution >= 0.6 is 0 Å². The van der Waals surface area contributed by atoms with Crippen molar-refractivity contribution in [3.8, 4) is 5.75 Å². The highest BCUT2D eigenvalue weighted by atomic mass is 19.4. The van der Waals surface area contributed by atoms with E-state index in [0.29, 0.717) is 0 Å². The number of halogens is 3. The molecular formula is C10H9F3N2O2. The number of carbonyl (C=O) groups excluding carboxylic acids is 1. The van der Waals surface area contributed by atoms with Gasteiger partial charge in [0.1, 0.15) is 5.75 Å². The van der Waals surface area contributed by atoms with Gasteiger partial charge >= 0.3 is 12.2 Å². The lowest BCUT2D eigenvalue weighted by molar-refractivity contribution is -0.155. The number of nitrogens with one attached hydrogen (secondary N) is 2. The van der Waals surface area contributed by atoms with E-state index in [9.17, 15) is 18.0 Å². The standard InChI is InChI=1S/C10H9F3N2O2/c1-17-6-4-2-3-5-7(6)14-9(16)15-8(5)10(11,12)13/h2-4,8H,1H3,(H2,14,15,16). The minimum absolute atomic E-state index is 0.0566. The molecule has 1 aromatic carbocycles. The van der Waals surface area contributed by atoms with Crippen LogP contribution in [0.3, 0.4) is 0 Å². The Morgan fingerprint density at radius 1 is 1.35 bits per heavy atom. The third-order valence-corrected chi connectivity index (χ3v) is 2.43. The highest BCUT2D eigenvalue weighted by Crippen LogP contribution is 2.41. The summed E-state index contributed by atoms with van der Waals surface area (Å²) < 4.78 is 43.1. The molecule has 0 aromatic heterocycles. The predicted octanol–water partition coefficient (Wildman–Crippen LogP) is 2.43. The number of amides is 2. The molecule has 17 heavy (non-hydrogen) atoms. The maximum atomic E-state index is 12.7. The van der Waals surface area contributed by atoms with Gasteiger partial charge in [-0.2, -0.15) is 13.2 Å². The Kier molecular flexibility index (Phi) is 2.60. The molecule has 2 amide bonds. The fourth-order valence-electron chi connectivity index (χ4n) is 1.71. The number of alkyl halides is 3. The molecule has 1 unspecified atom stereocenters. The number of urea groups is 1. The molecular weight excluding hydrogens is 237 g/mol. The summed E-state index contributed by atoms with van der Waals surface area (Å²) in [4.78, 5) is 11.2. The summed E-state index contributed by atoms with van der Waals surface area (Å²) in [5.74, 6) is 0.201. The third-order valence-electron chi connectivity index (χ3n) is 2.43. The number of fused-ring (bicyclic) bond motifs is 1. The van der Waals surface area contributed by atoms with Crippen molar-refractivity contribution in [3.63, 3.8) is 0 Å². The normalized spacial score (nSPS) is 19.1. The molecule has 1 heterocycles. The summed E-state index contributed by atoms with van der Waals surface area (Å²) in [5, 5.41) is 4.14. The smallest absolute Gasteiger partial charge is 0.413 e. The van der Waals surface area contributed by atoms with Crippen LogP contribution in [0.25, 0.3) is 0 Å². The Hall–Kier alpha value is -1.92. The van der Waals surface area contributed by atoms with Crippen molar-refractivity contribution in [2.24, 2.45) is 0 Å². The number of hydrogen-bond donors (Lipinski definition) is 2. The lowest BCUT2D eigenvalue weighted by Gasteiger charge is -2.29. The molecule has 1 aliphatic heterocycles. The zero-order valence-electron chi connectivity index (χ0n) is 8.76. The molecule has 4 nitrogen and oxygen atoms in total. The van der Waals surface area contributed by atoms with Crippen molar-refractivity contribution in [3.05, 3.63) is 23.8 Å². The Morgan fingerprint density at radius 3 is 2.65 bits per heavy atom. The van der Waals surface area contributed by atoms with E-state index in [1.165, 1.54) is 25.3 Å². The number of carbonyl (C=O) groups is 1. The van der Waals surface area contributed by atoms with E-state index in [2.05, 4.69) is 5.32 Å². The van der Waals surface area contributed by atoms with E-state index >= 15 is 0 Å². The summed E-state index contributed by atoms with van der Waals surface area (Å²) in [6.07, 6.45) is -4.54. The largest absolute Gasteiger partial charge is 0.495 e. The fraction of sp³-hybridized carbons (Fsp3) is 0.300. The summed E-state index contributed by atoms with van der Waals surface area (Å²) >= 11 is 0. The lowest BCUT2D eigenvalue weighted by Crippen LogP contribution is -2.44. The summed E-state index contributed by atoms with van der Waals surface area (Å²) in [6.45, 7) is 0.